The number of rotatable bonds is 3. The molecule has 1 heterocycles. The van der Waals surface area contributed by atoms with Crippen molar-refractivity contribution >= 4 is 12.1 Å². The summed E-state index contributed by atoms with van der Waals surface area (Å²) in [6.07, 6.45) is 11.1. The van der Waals surface area contributed by atoms with Gasteiger partial charge in [-0.3, -0.25) is 4.79 Å². The largest absolute Gasteiger partial charge is 0.361 e. The smallest absolute Gasteiger partial charge is 0.146 e. The molecule has 0 aromatic carbocycles. The molecule has 102 valence electrons. The van der Waals surface area contributed by atoms with Gasteiger partial charge < -0.3 is 9.53 Å². The zero-order chi connectivity index (χ0) is 13.7. The first kappa shape index (κ1) is 12.8. The number of epoxide rings is 1. The van der Waals surface area contributed by atoms with Crippen LogP contribution in [0.2, 0.25) is 0 Å². The van der Waals surface area contributed by atoms with Gasteiger partial charge in [-0.15, -0.1) is 0 Å². The number of ketones is 1. The average molecular weight is 260 g/mol. The number of ether oxygens (including phenoxy) is 1. The Balaban J connectivity index is 2.04. The summed E-state index contributed by atoms with van der Waals surface area (Å²) in [6.45, 7) is 4.04. The SMILES string of the molecule is C[C@@H]1CC=C[C@@H]2[C@H]3O[C@@]3(C)C=C[C@]2(CCC=O)C1=O. The van der Waals surface area contributed by atoms with Gasteiger partial charge in [-0.25, -0.2) is 0 Å². The zero-order valence-electron chi connectivity index (χ0n) is 11.5. The predicted molar refractivity (Wildman–Crippen MR) is 71.6 cm³/mol. The fourth-order valence-electron chi connectivity index (χ4n) is 3.68. The molecule has 5 atom stereocenters. The lowest BCUT2D eigenvalue weighted by Crippen LogP contribution is -2.44. The van der Waals surface area contributed by atoms with Gasteiger partial charge in [0.05, 0.1) is 11.5 Å². The number of carbonyl (C=O) groups is 2. The molecule has 1 aliphatic heterocycles. The van der Waals surface area contributed by atoms with Crippen LogP contribution in [-0.2, 0) is 14.3 Å². The van der Waals surface area contributed by atoms with Crippen molar-refractivity contribution in [3.8, 4) is 0 Å². The van der Waals surface area contributed by atoms with Crippen molar-refractivity contribution < 1.29 is 14.3 Å². The lowest BCUT2D eigenvalue weighted by atomic mass is 9.62. The number of hydrogen-bond donors (Lipinski definition) is 0. The Morgan fingerprint density at radius 2 is 2.26 bits per heavy atom. The number of carbonyl (C=O) groups excluding carboxylic acids is 2. The van der Waals surface area contributed by atoms with Crippen LogP contribution in [0.3, 0.4) is 0 Å². The van der Waals surface area contributed by atoms with E-state index in [1.807, 2.05) is 19.1 Å². The van der Waals surface area contributed by atoms with E-state index < -0.39 is 5.41 Å². The van der Waals surface area contributed by atoms with Gasteiger partial charge in [0.1, 0.15) is 17.7 Å². The third-order valence-corrected chi connectivity index (χ3v) is 4.94. The molecule has 0 N–H and O–H groups in total. The van der Waals surface area contributed by atoms with Gasteiger partial charge in [-0.1, -0.05) is 31.2 Å². The quantitative estimate of drug-likeness (QED) is 0.445. The first-order valence-corrected chi connectivity index (χ1v) is 7.06. The summed E-state index contributed by atoms with van der Waals surface area (Å²) in [5, 5.41) is 0. The first-order valence-electron chi connectivity index (χ1n) is 7.06. The molecule has 3 nitrogen and oxygen atoms in total. The molecule has 0 unspecified atom stereocenters. The minimum atomic E-state index is -0.534. The maximum atomic E-state index is 12.8. The van der Waals surface area contributed by atoms with Crippen molar-refractivity contribution in [1.29, 1.82) is 0 Å². The number of fused-ring (bicyclic) bond motifs is 3. The summed E-state index contributed by atoms with van der Waals surface area (Å²) in [7, 11) is 0. The monoisotopic (exact) mass is 260 g/mol. The number of allylic oxidation sites excluding steroid dienone is 2. The molecule has 0 bridgehead atoms. The molecule has 3 heteroatoms. The molecule has 0 amide bonds. The van der Waals surface area contributed by atoms with Gasteiger partial charge in [-0.05, 0) is 19.8 Å². The second-order valence-corrected chi connectivity index (χ2v) is 6.26. The van der Waals surface area contributed by atoms with Crippen molar-refractivity contribution in [1.82, 2.24) is 0 Å². The van der Waals surface area contributed by atoms with Gasteiger partial charge in [-0.2, -0.15) is 0 Å². The summed E-state index contributed by atoms with van der Waals surface area (Å²) in [5.41, 5.74) is -0.735. The Hall–Kier alpha value is -1.22. The van der Waals surface area contributed by atoms with E-state index >= 15 is 0 Å². The van der Waals surface area contributed by atoms with Crippen molar-refractivity contribution in [2.45, 2.75) is 44.8 Å². The Labute approximate surface area is 113 Å². The van der Waals surface area contributed by atoms with Gasteiger partial charge >= 0.3 is 0 Å². The van der Waals surface area contributed by atoms with E-state index in [0.29, 0.717) is 12.8 Å². The molecule has 2 aliphatic carbocycles. The predicted octanol–water partition coefficient (Wildman–Crippen LogP) is 2.46. The van der Waals surface area contributed by atoms with Crippen LogP contribution in [0.25, 0.3) is 0 Å². The van der Waals surface area contributed by atoms with Crippen molar-refractivity contribution in [3.63, 3.8) is 0 Å². The highest BCUT2D eigenvalue weighted by Crippen LogP contribution is 2.57. The molecule has 3 rings (SSSR count). The molecule has 1 saturated heterocycles. The molecule has 1 fully saturated rings. The molecule has 0 saturated carbocycles. The standard InChI is InChI=1S/C16H20O3/c1-11-5-3-6-12-14-15(2,19-14)8-9-16(12,13(11)18)7-4-10-17/h3,6,8-12,14H,4-5,7H2,1-2H3/t11-,12-,14-,15+,16+/m1/s1. The third-order valence-electron chi connectivity index (χ3n) is 4.94. The molecule has 0 spiro atoms. The van der Waals surface area contributed by atoms with Crippen molar-refractivity contribution in [3.05, 3.63) is 24.3 Å². The summed E-state index contributed by atoms with van der Waals surface area (Å²) in [6, 6.07) is 0. The highest BCUT2D eigenvalue weighted by molar-refractivity contribution is 5.90. The molecule has 0 aromatic rings. The second kappa shape index (κ2) is 4.14. The van der Waals surface area contributed by atoms with Crippen LogP contribution in [0.4, 0.5) is 0 Å². The summed E-state index contributed by atoms with van der Waals surface area (Å²) in [5.74, 6) is 0.360. The molecule has 19 heavy (non-hydrogen) atoms. The van der Waals surface area contributed by atoms with Crippen LogP contribution in [0.5, 0.6) is 0 Å². The molecular formula is C16H20O3. The van der Waals surface area contributed by atoms with E-state index in [9.17, 15) is 9.59 Å². The molecule has 0 aromatic heterocycles. The number of Topliss-reactive ketones (excluding diaryl/α,β-unsaturated/α-hetero) is 1. The summed E-state index contributed by atoms with van der Waals surface area (Å²) in [4.78, 5) is 23.6. The topological polar surface area (TPSA) is 46.7 Å². The fourth-order valence-corrected chi connectivity index (χ4v) is 3.68. The second-order valence-electron chi connectivity index (χ2n) is 6.26. The number of hydrogen-bond acceptors (Lipinski definition) is 3. The Kier molecular flexibility index (Phi) is 2.79. The molecular weight excluding hydrogens is 240 g/mol. The van der Waals surface area contributed by atoms with Crippen LogP contribution >= 0.6 is 0 Å². The van der Waals surface area contributed by atoms with E-state index in [1.165, 1.54) is 0 Å². The van der Waals surface area contributed by atoms with Gasteiger partial charge in [0.2, 0.25) is 0 Å². The minimum Gasteiger partial charge on any atom is -0.361 e. The lowest BCUT2D eigenvalue weighted by molar-refractivity contribution is -0.132. The van der Waals surface area contributed by atoms with Gasteiger partial charge in [0.15, 0.2) is 0 Å². The lowest BCUT2D eigenvalue weighted by Gasteiger charge is -2.38. The zero-order valence-corrected chi connectivity index (χ0v) is 11.5. The summed E-state index contributed by atoms with van der Waals surface area (Å²) < 4.78 is 5.80. The highest BCUT2D eigenvalue weighted by atomic mass is 16.6. The van der Waals surface area contributed by atoms with Gasteiger partial charge in [0, 0.05) is 18.3 Å². The Morgan fingerprint density at radius 3 is 3.00 bits per heavy atom. The van der Waals surface area contributed by atoms with Crippen molar-refractivity contribution in [2.75, 3.05) is 0 Å². The molecule has 3 aliphatic rings. The number of aldehydes is 1. The van der Waals surface area contributed by atoms with Crippen LogP contribution in [0.1, 0.15) is 33.1 Å². The van der Waals surface area contributed by atoms with Crippen LogP contribution < -0.4 is 0 Å². The normalized spacial score (nSPS) is 47.3. The van der Waals surface area contributed by atoms with Crippen LogP contribution in [-0.4, -0.2) is 23.8 Å². The van der Waals surface area contributed by atoms with Crippen LogP contribution in [0.15, 0.2) is 24.3 Å². The Bertz CT molecular complexity index is 478. The Morgan fingerprint density at radius 1 is 1.47 bits per heavy atom. The van der Waals surface area contributed by atoms with E-state index in [1.54, 1.807) is 0 Å². The van der Waals surface area contributed by atoms with E-state index in [2.05, 4.69) is 19.1 Å². The molecule has 0 radical (unpaired) electrons. The third kappa shape index (κ3) is 1.75. The minimum absolute atomic E-state index is 0.0145. The fraction of sp³-hybridized carbons (Fsp3) is 0.625. The van der Waals surface area contributed by atoms with E-state index in [0.717, 1.165) is 12.7 Å². The first-order chi connectivity index (χ1) is 9.03. The van der Waals surface area contributed by atoms with Gasteiger partial charge in [0.25, 0.3) is 0 Å². The van der Waals surface area contributed by atoms with Crippen molar-refractivity contribution in [2.24, 2.45) is 17.3 Å². The highest BCUT2D eigenvalue weighted by Gasteiger charge is 2.64. The van der Waals surface area contributed by atoms with E-state index in [-0.39, 0.29) is 29.3 Å². The maximum absolute atomic E-state index is 12.8. The average Bonchev–Trinajstić information content (AvgIpc) is 3.09. The maximum Gasteiger partial charge on any atom is 0.146 e. The van der Waals surface area contributed by atoms with E-state index in [4.69, 9.17) is 4.74 Å². The van der Waals surface area contributed by atoms with Crippen LogP contribution in [0, 0.1) is 17.3 Å². The summed E-state index contributed by atoms with van der Waals surface area (Å²) >= 11 is 0.